The Labute approximate surface area is 162 Å². The molecule has 0 unspecified atom stereocenters. The van der Waals surface area contributed by atoms with Gasteiger partial charge in [-0.3, -0.25) is 9.69 Å². The minimum absolute atomic E-state index is 0.0939. The number of amides is 1. The first-order valence-electron chi connectivity index (χ1n) is 9.10. The molecule has 7 heteroatoms. The molecule has 3 aromatic rings. The zero-order valence-corrected chi connectivity index (χ0v) is 15.7. The van der Waals surface area contributed by atoms with Gasteiger partial charge in [-0.25, -0.2) is 0 Å². The van der Waals surface area contributed by atoms with E-state index in [0.717, 1.165) is 43.9 Å². The summed E-state index contributed by atoms with van der Waals surface area (Å²) in [7, 11) is 0. The number of ether oxygens (including phenoxy) is 1. The number of benzene rings is 1. The molecule has 1 aromatic carbocycles. The van der Waals surface area contributed by atoms with Crippen molar-refractivity contribution in [3.8, 4) is 0 Å². The molecule has 27 heavy (non-hydrogen) atoms. The topological polar surface area (TPSA) is 59.6 Å². The molecule has 1 saturated heterocycles. The summed E-state index contributed by atoms with van der Waals surface area (Å²) in [6, 6.07) is 11.3. The highest BCUT2D eigenvalue weighted by Gasteiger charge is 2.18. The first-order chi connectivity index (χ1) is 13.2. The zero-order valence-electron chi connectivity index (χ0n) is 15.0. The van der Waals surface area contributed by atoms with E-state index in [-0.39, 0.29) is 5.91 Å². The van der Waals surface area contributed by atoms with Crippen molar-refractivity contribution in [2.75, 3.05) is 39.4 Å². The maximum absolute atomic E-state index is 12.8. The Kier molecular flexibility index (Phi) is 5.48. The Morgan fingerprint density at radius 3 is 2.70 bits per heavy atom. The highest BCUT2D eigenvalue weighted by atomic mass is 35.5. The van der Waals surface area contributed by atoms with Crippen LogP contribution in [0.1, 0.15) is 16.1 Å². The van der Waals surface area contributed by atoms with Gasteiger partial charge in [0.2, 0.25) is 0 Å². The molecule has 0 spiro atoms. The number of rotatable bonds is 6. The van der Waals surface area contributed by atoms with Gasteiger partial charge in [-0.1, -0.05) is 23.7 Å². The molecule has 0 aliphatic carbocycles. The lowest BCUT2D eigenvalue weighted by atomic mass is 10.2. The highest BCUT2D eigenvalue weighted by molar-refractivity contribution is 6.30. The number of aromatic nitrogens is 1. The van der Waals surface area contributed by atoms with Gasteiger partial charge >= 0.3 is 0 Å². The number of morpholine rings is 1. The SMILES string of the molecule is O=C(NCCN1CCOCC1)c1cc2occc2n1Cc1ccc(Cl)cc1. The predicted molar refractivity (Wildman–Crippen MR) is 104 cm³/mol. The highest BCUT2D eigenvalue weighted by Crippen LogP contribution is 2.23. The van der Waals surface area contributed by atoms with E-state index in [1.807, 2.05) is 34.9 Å². The van der Waals surface area contributed by atoms with E-state index < -0.39 is 0 Å². The molecule has 6 nitrogen and oxygen atoms in total. The van der Waals surface area contributed by atoms with Crippen molar-refractivity contribution < 1.29 is 13.9 Å². The van der Waals surface area contributed by atoms with Crippen LogP contribution in [0.15, 0.2) is 47.1 Å². The standard InChI is InChI=1S/C20H22ClN3O3/c21-16-3-1-15(2-4-16)14-24-17-5-10-27-19(17)13-18(24)20(25)22-6-7-23-8-11-26-12-9-23/h1-5,10,13H,6-9,11-12,14H2,(H,22,25). The summed E-state index contributed by atoms with van der Waals surface area (Å²) in [5.41, 5.74) is 3.28. The van der Waals surface area contributed by atoms with Crippen LogP contribution in [0.3, 0.4) is 0 Å². The van der Waals surface area contributed by atoms with Crippen LogP contribution in [0.25, 0.3) is 11.1 Å². The third-order valence-corrected chi connectivity index (χ3v) is 5.08. The van der Waals surface area contributed by atoms with Gasteiger partial charge in [0.15, 0.2) is 5.58 Å². The molecule has 1 amide bonds. The van der Waals surface area contributed by atoms with Gasteiger partial charge in [0, 0.05) is 49.9 Å². The normalized spacial score (nSPS) is 15.3. The molecule has 4 rings (SSSR count). The number of nitrogens with zero attached hydrogens (tertiary/aromatic N) is 2. The molecule has 0 radical (unpaired) electrons. The number of carbonyl (C=O) groups excluding carboxylic acids is 1. The van der Waals surface area contributed by atoms with Crippen molar-refractivity contribution in [2.24, 2.45) is 0 Å². The Balaban J connectivity index is 1.47. The Hall–Kier alpha value is -2.28. The van der Waals surface area contributed by atoms with Gasteiger partial charge in [-0.05, 0) is 17.7 Å². The maximum atomic E-state index is 12.8. The van der Waals surface area contributed by atoms with Crippen molar-refractivity contribution in [1.29, 1.82) is 0 Å². The van der Waals surface area contributed by atoms with E-state index in [9.17, 15) is 4.79 Å². The second kappa shape index (κ2) is 8.17. The Morgan fingerprint density at radius 1 is 1.15 bits per heavy atom. The molecule has 0 bridgehead atoms. The summed E-state index contributed by atoms with van der Waals surface area (Å²) in [5, 5.41) is 3.72. The fourth-order valence-electron chi connectivity index (χ4n) is 3.35. The first kappa shape index (κ1) is 18.1. The molecule has 2 aromatic heterocycles. The molecule has 1 aliphatic rings. The predicted octanol–water partition coefficient (Wildman–Crippen LogP) is 3.00. The van der Waals surface area contributed by atoms with Crippen LogP contribution < -0.4 is 5.32 Å². The van der Waals surface area contributed by atoms with Gasteiger partial charge in [0.25, 0.3) is 5.91 Å². The largest absolute Gasteiger partial charge is 0.463 e. The van der Waals surface area contributed by atoms with Crippen LogP contribution in [-0.4, -0.2) is 54.8 Å². The number of fused-ring (bicyclic) bond motifs is 1. The number of hydrogen-bond donors (Lipinski definition) is 1. The molecule has 1 N–H and O–H groups in total. The molecule has 3 heterocycles. The van der Waals surface area contributed by atoms with Gasteiger partial charge in [-0.15, -0.1) is 0 Å². The number of nitrogens with one attached hydrogen (secondary N) is 1. The molecule has 142 valence electrons. The summed E-state index contributed by atoms with van der Waals surface area (Å²) in [4.78, 5) is 15.1. The van der Waals surface area contributed by atoms with E-state index in [1.54, 1.807) is 12.3 Å². The summed E-state index contributed by atoms with van der Waals surface area (Å²) in [5.74, 6) is -0.0939. The van der Waals surface area contributed by atoms with E-state index in [2.05, 4.69) is 10.2 Å². The van der Waals surface area contributed by atoms with Gasteiger partial charge in [0.05, 0.1) is 25.0 Å². The monoisotopic (exact) mass is 387 g/mol. The minimum Gasteiger partial charge on any atom is -0.463 e. The zero-order chi connectivity index (χ0) is 18.6. The van der Waals surface area contributed by atoms with E-state index in [4.69, 9.17) is 20.8 Å². The molecule has 1 fully saturated rings. The molecular weight excluding hydrogens is 366 g/mol. The number of furan rings is 1. The second-order valence-electron chi connectivity index (χ2n) is 6.62. The number of hydrogen-bond acceptors (Lipinski definition) is 4. The van der Waals surface area contributed by atoms with E-state index in [1.165, 1.54) is 0 Å². The summed E-state index contributed by atoms with van der Waals surface area (Å²) in [6.07, 6.45) is 1.64. The third kappa shape index (κ3) is 4.18. The first-order valence-corrected chi connectivity index (χ1v) is 9.48. The van der Waals surface area contributed by atoms with Gasteiger partial charge < -0.3 is 19.0 Å². The summed E-state index contributed by atoms with van der Waals surface area (Å²) in [6.45, 7) is 5.34. The number of halogens is 1. The van der Waals surface area contributed by atoms with E-state index >= 15 is 0 Å². The quantitative estimate of drug-likeness (QED) is 0.706. The fraction of sp³-hybridized carbons (Fsp3) is 0.350. The van der Waals surface area contributed by atoms with E-state index in [0.29, 0.717) is 29.4 Å². The van der Waals surface area contributed by atoms with Crippen molar-refractivity contribution in [2.45, 2.75) is 6.54 Å². The maximum Gasteiger partial charge on any atom is 0.268 e. The molecule has 1 aliphatic heterocycles. The van der Waals surface area contributed by atoms with Gasteiger partial charge in [0.1, 0.15) is 5.69 Å². The van der Waals surface area contributed by atoms with Crippen LogP contribution in [0.5, 0.6) is 0 Å². The minimum atomic E-state index is -0.0939. The average Bonchev–Trinajstić information content (AvgIpc) is 3.27. The van der Waals surface area contributed by atoms with Crippen molar-refractivity contribution in [3.63, 3.8) is 0 Å². The summed E-state index contributed by atoms with van der Waals surface area (Å²) >= 11 is 5.98. The molecular formula is C20H22ClN3O3. The van der Waals surface area contributed by atoms with Crippen molar-refractivity contribution in [1.82, 2.24) is 14.8 Å². The average molecular weight is 388 g/mol. The third-order valence-electron chi connectivity index (χ3n) is 4.83. The summed E-state index contributed by atoms with van der Waals surface area (Å²) < 4.78 is 12.8. The van der Waals surface area contributed by atoms with Crippen LogP contribution in [0.4, 0.5) is 0 Å². The van der Waals surface area contributed by atoms with Gasteiger partial charge in [-0.2, -0.15) is 0 Å². The van der Waals surface area contributed by atoms with Crippen LogP contribution in [0.2, 0.25) is 5.02 Å². The lowest BCUT2D eigenvalue weighted by molar-refractivity contribution is 0.0383. The Morgan fingerprint density at radius 2 is 1.93 bits per heavy atom. The van der Waals surface area contributed by atoms with Crippen LogP contribution in [-0.2, 0) is 11.3 Å². The lowest BCUT2D eigenvalue weighted by Crippen LogP contribution is -2.41. The smallest absolute Gasteiger partial charge is 0.268 e. The Bertz CT molecular complexity index is 910. The van der Waals surface area contributed by atoms with Crippen molar-refractivity contribution in [3.05, 3.63) is 58.9 Å². The molecule has 0 atom stereocenters. The van der Waals surface area contributed by atoms with Crippen molar-refractivity contribution >= 4 is 28.6 Å². The number of carbonyl (C=O) groups is 1. The second-order valence-corrected chi connectivity index (χ2v) is 7.06. The lowest BCUT2D eigenvalue weighted by Gasteiger charge is -2.26. The van der Waals surface area contributed by atoms with Crippen LogP contribution in [0, 0.1) is 0 Å². The fourth-order valence-corrected chi connectivity index (χ4v) is 3.48. The molecule has 0 saturated carbocycles. The van der Waals surface area contributed by atoms with Crippen LogP contribution >= 0.6 is 11.6 Å².